The van der Waals surface area contributed by atoms with Crippen molar-refractivity contribution in [2.75, 3.05) is 0 Å². The Balaban J connectivity index is 2.83. The van der Waals surface area contributed by atoms with Crippen molar-refractivity contribution >= 4 is 6.29 Å². The fourth-order valence-electron chi connectivity index (χ4n) is 1.89. The standard InChI is InChI=1S/C13H20O/c1-10(13(2,3)4)12-8-6-5-7-11(12)9-14/h5-7,9-10,12H,8H2,1-4H3. The molecule has 1 rings (SSSR count). The highest BCUT2D eigenvalue weighted by molar-refractivity contribution is 5.75. The number of hydrogen-bond acceptors (Lipinski definition) is 1. The summed E-state index contributed by atoms with van der Waals surface area (Å²) in [6.45, 7) is 8.94. The highest BCUT2D eigenvalue weighted by atomic mass is 16.1. The molecule has 1 aliphatic carbocycles. The van der Waals surface area contributed by atoms with E-state index in [-0.39, 0.29) is 5.41 Å². The molecule has 0 aromatic carbocycles. The molecule has 0 spiro atoms. The Morgan fingerprint density at radius 3 is 2.64 bits per heavy atom. The van der Waals surface area contributed by atoms with Crippen LogP contribution in [-0.2, 0) is 4.79 Å². The largest absolute Gasteiger partial charge is 0.298 e. The smallest absolute Gasteiger partial charge is 0.146 e. The SMILES string of the molecule is CC(C1CC=CC=C1C=O)C(C)(C)C. The van der Waals surface area contributed by atoms with Gasteiger partial charge in [0.05, 0.1) is 0 Å². The summed E-state index contributed by atoms with van der Waals surface area (Å²) in [5.41, 5.74) is 1.22. The van der Waals surface area contributed by atoms with Crippen molar-refractivity contribution in [3.63, 3.8) is 0 Å². The zero-order chi connectivity index (χ0) is 10.8. The molecule has 0 aromatic rings. The summed E-state index contributed by atoms with van der Waals surface area (Å²) in [6.07, 6.45) is 8.10. The number of hydrogen-bond donors (Lipinski definition) is 0. The van der Waals surface area contributed by atoms with Crippen LogP contribution in [0.5, 0.6) is 0 Å². The molecule has 0 saturated heterocycles. The van der Waals surface area contributed by atoms with Gasteiger partial charge in [-0.2, -0.15) is 0 Å². The Bertz CT molecular complexity index is 265. The molecule has 0 aliphatic heterocycles. The summed E-state index contributed by atoms with van der Waals surface area (Å²) >= 11 is 0. The summed E-state index contributed by atoms with van der Waals surface area (Å²) in [5, 5.41) is 0. The van der Waals surface area contributed by atoms with Gasteiger partial charge < -0.3 is 0 Å². The summed E-state index contributed by atoms with van der Waals surface area (Å²) in [7, 11) is 0. The molecular formula is C13H20O. The molecule has 78 valence electrons. The van der Waals surface area contributed by atoms with Crippen LogP contribution in [0.2, 0.25) is 0 Å². The summed E-state index contributed by atoms with van der Waals surface area (Å²) in [4.78, 5) is 10.9. The molecular weight excluding hydrogens is 172 g/mol. The van der Waals surface area contributed by atoms with E-state index in [1.807, 2.05) is 12.2 Å². The van der Waals surface area contributed by atoms with Gasteiger partial charge in [-0.15, -0.1) is 0 Å². The normalized spacial score (nSPS) is 24.3. The lowest BCUT2D eigenvalue weighted by atomic mass is 9.70. The van der Waals surface area contributed by atoms with E-state index in [2.05, 4.69) is 33.8 Å². The van der Waals surface area contributed by atoms with Crippen LogP contribution < -0.4 is 0 Å². The van der Waals surface area contributed by atoms with Crippen molar-refractivity contribution < 1.29 is 4.79 Å². The Labute approximate surface area is 86.9 Å². The Morgan fingerprint density at radius 2 is 2.14 bits per heavy atom. The van der Waals surface area contributed by atoms with Gasteiger partial charge in [-0.25, -0.2) is 0 Å². The Morgan fingerprint density at radius 1 is 1.50 bits per heavy atom. The van der Waals surface area contributed by atoms with E-state index >= 15 is 0 Å². The molecule has 0 saturated carbocycles. The quantitative estimate of drug-likeness (QED) is 0.613. The number of carbonyl (C=O) groups excluding carboxylic acids is 1. The van der Waals surface area contributed by atoms with E-state index in [0.29, 0.717) is 11.8 Å². The first kappa shape index (κ1) is 11.2. The van der Waals surface area contributed by atoms with Crippen molar-refractivity contribution in [2.45, 2.75) is 34.1 Å². The maximum Gasteiger partial charge on any atom is 0.146 e. The third-order valence-corrected chi connectivity index (χ3v) is 3.35. The van der Waals surface area contributed by atoms with Gasteiger partial charge in [0.15, 0.2) is 0 Å². The van der Waals surface area contributed by atoms with E-state index in [9.17, 15) is 4.79 Å². The van der Waals surface area contributed by atoms with Crippen molar-refractivity contribution in [3.05, 3.63) is 23.8 Å². The van der Waals surface area contributed by atoms with Crippen LogP contribution in [0.1, 0.15) is 34.1 Å². The number of allylic oxidation sites excluding steroid dienone is 4. The first-order chi connectivity index (χ1) is 6.46. The molecule has 0 heterocycles. The molecule has 0 radical (unpaired) electrons. The predicted molar refractivity (Wildman–Crippen MR) is 60.0 cm³/mol. The van der Waals surface area contributed by atoms with Gasteiger partial charge in [0.25, 0.3) is 0 Å². The first-order valence-corrected chi connectivity index (χ1v) is 5.28. The minimum absolute atomic E-state index is 0.262. The van der Waals surface area contributed by atoms with Gasteiger partial charge in [0.1, 0.15) is 6.29 Å². The van der Waals surface area contributed by atoms with E-state index < -0.39 is 0 Å². The minimum Gasteiger partial charge on any atom is -0.298 e. The molecule has 2 unspecified atom stereocenters. The van der Waals surface area contributed by atoms with Gasteiger partial charge >= 0.3 is 0 Å². The van der Waals surface area contributed by atoms with Crippen molar-refractivity contribution in [3.8, 4) is 0 Å². The van der Waals surface area contributed by atoms with Crippen LogP contribution in [0, 0.1) is 17.3 Å². The molecule has 1 nitrogen and oxygen atoms in total. The maximum absolute atomic E-state index is 10.9. The third kappa shape index (κ3) is 2.34. The average molecular weight is 192 g/mol. The highest BCUT2D eigenvalue weighted by Gasteiger charge is 2.30. The van der Waals surface area contributed by atoms with E-state index in [1.54, 1.807) is 0 Å². The molecule has 1 heteroatoms. The second kappa shape index (κ2) is 4.12. The molecule has 14 heavy (non-hydrogen) atoms. The monoisotopic (exact) mass is 192 g/mol. The van der Waals surface area contributed by atoms with Crippen molar-refractivity contribution in [2.24, 2.45) is 17.3 Å². The van der Waals surface area contributed by atoms with Crippen LogP contribution >= 0.6 is 0 Å². The lowest BCUT2D eigenvalue weighted by molar-refractivity contribution is -0.105. The van der Waals surface area contributed by atoms with Crippen LogP contribution in [0.25, 0.3) is 0 Å². The second-order valence-electron chi connectivity index (χ2n) is 5.21. The molecule has 0 bridgehead atoms. The van der Waals surface area contributed by atoms with E-state index in [0.717, 1.165) is 18.3 Å². The molecule has 1 aliphatic rings. The Kier molecular flexibility index (Phi) is 3.30. The van der Waals surface area contributed by atoms with Gasteiger partial charge in [0.2, 0.25) is 0 Å². The molecule has 0 amide bonds. The summed E-state index contributed by atoms with van der Waals surface area (Å²) < 4.78 is 0. The van der Waals surface area contributed by atoms with Crippen LogP contribution in [0.4, 0.5) is 0 Å². The molecule has 0 fully saturated rings. The minimum atomic E-state index is 0.262. The van der Waals surface area contributed by atoms with Crippen LogP contribution in [0.15, 0.2) is 23.8 Å². The van der Waals surface area contributed by atoms with Crippen LogP contribution in [0.3, 0.4) is 0 Å². The highest BCUT2D eigenvalue weighted by Crippen LogP contribution is 2.38. The van der Waals surface area contributed by atoms with E-state index in [1.165, 1.54) is 0 Å². The van der Waals surface area contributed by atoms with Gasteiger partial charge in [-0.1, -0.05) is 45.9 Å². The molecule has 2 atom stereocenters. The van der Waals surface area contributed by atoms with Crippen molar-refractivity contribution in [1.82, 2.24) is 0 Å². The zero-order valence-corrected chi connectivity index (χ0v) is 9.58. The third-order valence-electron chi connectivity index (χ3n) is 3.35. The predicted octanol–water partition coefficient (Wildman–Crippen LogP) is 3.37. The lowest BCUT2D eigenvalue weighted by Gasteiger charge is -2.35. The lowest BCUT2D eigenvalue weighted by Crippen LogP contribution is -2.27. The maximum atomic E-state index is 10.9. The number of rotatable bonds is 2. The fourth-order valence-corrected chi connectivity index (χ4v) is 1.89. The van der Waals surface area contributed by atoms with Gasteiger partial charge in [-0.3, -0.25) is 4.79 Å². The van der Waals surface area contributed by atoms with Crippen molar-refractivity contribution in [1.29, 1.82) is 0 Å². The summed E-state index contributed by atoms with van der Waals surface area (Å²) in [5.74, 6) is 0.932. The van der Waals surface area contributed by atoms with Gasteiger partial charge in [-0.05, 0) is 29.2 Å². The second-order valence-corrected chi connectivity index (χ2v) is 5.21. The van der Waals surface area contributed by atoms with Crippen LogP contribution in [-0.4, -0.2) is 6.29 Å². The molecule has 0 N–H and O–H groups in total. The fraction of sp³-hybridized carbons (Fsp3) is 0.615. The topological polar surface area (TPSA) is 17.1 Å². The van der Waals surface area contributed by atoms with Gasteiger partial charge in [0, 0.05) is 0 Å². The summed E-state index contributed by atoms with van der Waals surface area (Å²) in [6, 6.07) is 0. The average Bonchev–Trinajstić information content (AvgIpc) is 2.15. The first-order valence-electron chi connectivity index (χ1n) is 5.28. The number of carbonyl (C=O) groups is 1. The number of aldehydes is 1. The zero-order valence-electron chi connectivity index (χ0n) is 9.58. The molecule has 0 aromatic heterocycles. The Hall–Kier alpha value is -0.850. The van der Waals surface area contributed by atoms with E-state index in [4.69, 9.17) is 0 Å².